The quantitative estimate of drug-likeness (QED) is 0.620. The fourth-order valence-electron chi connectivity index (χ4n) is 4.82. The number of rotatable bonds is 4. The Kier molecular flexibility index (Phi) is 5.41. The minimum atomic E-state index is -0.292. The van der Waals surface area contributed by atoms with Crippen LogP contribution in [0.15, 0.2) is 48.5 Å². The smallest absolute Gasteiger partial charge is 0.340 e. The third-order valence-corrected chi connectivity index (χ3v) is 6.35. The molecule has 0 radical (unpaired) electrons. The molecule has 4 nitrogen and oxygen atoms in total. The molecule has 3 aromatic rings. The van der Waals surface area contributed by atoms with Crippen LogP contribution < -0.4 is 5.32 Å². The molecule has 1 N–H and O–H groups in total. The molecule has 3 unspecified atom stereocenters. The molecule has 5 heteroatoms. The van der Waals surface area contributed by atoms with Crippen molar-refractivity contribution >= 4 is 16.9 Å². The van der Waals surface area contributed by atoms with Crippen molar-refractivity contribution in [1.29, 1.82) is 0 Å². The summed E-state index contributed by atoms with van der Waals surface area (Å²) < 4.78 is 20.7. The summed E-state index contributed by atoms with van der Waals surface area (Å²) in [7, 11) is 1.43. The van der Waals surface area contributed by atoms with Gasteiger partial charge in [0.25, 0.3) is 0 Å². The van der Waals surface area contributed by atoms with Crippen LogP contribution in [0.2, 0.25) is 0 Å². The van der Waals surface area contributed by atoms with Crippen LogP contribution in [0.5, 0.6) is 0 Å². The maximum Gasteiger partial charge on any atom is 0.340 e. The molecular weight excluding hydrogens is 367 g/mol. The van der Waals surface area contributed by atoms with Crippen LogP contribution in [0, 0.1) is 18.7 Å². The zero-order valence-corrected chi connectivity index (χ0v) is 17.1. The molecule has 152 valence electrons. The summed E-state index contributed by atoms with van der Waals surface area (Å²) in [5.41, 5.74) is 3.78. The number of carbonyl (C=O) groups is 1. The van der Waals surface area contributed by atoms with Crippen molar-refractivity contribution < 1.29 is 13.9 Å². The number of ether oxygens (including phenoxy) is 1. The first-order chi connectivity index (χ1) is 14.0. The highest BCUT2D eigenvalue weighted by atomic mass is 19.1. The highest BCUT2D eigenvalue weighted by Gasteiger charge is 2.31. The Labute approximate surface area is 170 Å². The third-order valence-electron chi connectivity index (χ3n) is 6.35. The molecule has 0 aliphatic carbocycles. The Bertz CT molecular complexity index is 1030. The number of halogens is 1. The van der Waals surface area contributed by atoms with Crippen LogP contribution in [0.3, 0.4) is 0 Å². The summed E-state index contributed by atoms with van der Waals surface area (Å²) in [6.07, 6.45) is 2.02. The lowest BCUT2D eigenvalue weighted by Gasteiger charge is -2.35. The van der Waals surface area contributed by atoms with Gasteiger partial charge in [-0.3, -0.25) is 0 Å². The molecule has 1 saturated heterocycles. The van der Waals surface area contributed by atoms with Crippen molar-refractivity contribution in [2.75, 3.05) is 13.7 Å². The van der Waals surface area contributed by atoms with E-state index in [0.717, 1.165) is 41.5 Å². The van der Waals surface area contributed by atoms with Crippen molar-refractivity contribution in [3.63, 3.8) is 0 Å². The van der Waals surface area contributed by atoms with Crippen molar-refractivity contribution in [1.82, 2.24) is 9.88 Å². The first kappa shape index (κ1) is 19.6. The summed E-state index contributed by atoms with van der Waals surface area (Å²) in [5, 5.41) is 4.51. The summed E-state index contributed by atoms with van der Waals surface area (Å²) in [4.78, 5) is 12.4. The number of para-hydroxylation sites is 1. The van der Waals surface area contributed by atoms with Gasteiger partial charge in [0.15, 0.2) is 0 Å². The Morgan fingerprint density at radius 1 is 1.21 bits per heavy atom. The highest BCUT2D eigenvalue weighted by molar-refractivity contribution is 6.05. The number of benzene rings is 2. The van der Waals surface area contributed by atoms with Crippen molar-refractivity contribution in [3.8, 4) is 0 Å². The van der Waals surface area contributed by atoms with Crippen LogP contribution in [-0.2, 0) is 4.74 Å². The van der Waals surface area contributed by atoms with Gasteiger partial charge in [-0.05, 0) is 62.9 Å². The summed E-state index contributed by atoms with van der Waals surface area (Å²) in [6, 6.07) is 15.2. The van der Waals surface area contributed by atoms with Crippen LogP contribution in [0.1, 0.15) is 53.5 Å². The molecular formula is C24H27FN2O2. The lowest BCUT2D eigenvalue weighted by atomic mass is 9.84. The number of piperidine rings is 1. The predicted molar refractivity (Wildman–Crippen MR) is 113 cm³/mol. The number of hydrogen-bond donors (Lipinski definition) is 1. The van der Waals surface area contributed by atoms with E-state index in [9.17, 15) is 9.18 Å². The van der Waals surface area contributed by atoms with E-state index in [1.165, 1.54) is 19.2 Å². The number of methoxy groups -OCH3 is 1. The molecule has 0 amide bonds. The van der Waals surface area contributed by atoms with Gasteiger partial charge in [-0.25, -0.2) is 9.18 Å². The zero-order valence-electron chi connectivity index (χ0n) is 17.1. The minimum absolute atomic E-state index is 0.207. The van der Waals surface area contributed by atoms with E-state index >= 15 is 0 Å². The number of nitrogens with one attached hydrogen (secondary N) is 1. The van der Waals surface area contributed by atoms with Crippen molar-refractivity contribution in [2.24, 2.45) is 5.92 Å². The van der Waals surface area contributed by atoms with Gasteiger partial charge in [-0.2, -0.15) is 0 Å². The van der Waals surface area contributed by atoms with E-state index in [0.29, 0.717) is 11.5 Å². The lowest BCUT2D eigenvalue weighted by Crippen LogP contribution is -2.35. The SMILES string of the molecule is COC(=O)c1c(C)n(C(C)C2CCNC(c3ccc(F)cc3)C2)c2ccccc12. The molecule has 4 rings (SSSR count). The van der Waals surface area contributed by atoms with Crippen LogP contribution in [-0.4, -0.2) is 24.2 Å². The van der Waals surface area contributed by atoms with Crippen LogP contribution >= 0.6 is 0 Å². The highest BCUT2D eigenvalue weighted by Crippen LogP contribution is 2.38. The number of carbonyl (C=O) groups excluding carboxylic acids is 1. The molecule has 0 saturated carbocycles. The Hall–Kier alpha value is -2.66. The van der Waals surface area contributed by atoms with Gasteiger partial charge in [0.1, 0.15) is 5.82 Å². The first-order valence-corrected chi connectivity index (χ1v) is 10.2. The average molecular weight is 394 g/mol. The standard InChI is InChI=1S/C24H27FN2O2/c1-15(18-12-13-26-21(14-18)17-8-10-19(25)11-9-17)27-16(2)23(24(28)29-3)20-6-4-5-7-22(20)27/h4-11,15,18,21,26H,12-14H2,1-3H3. The van der Waals surface area contributed by atoms with E-state index in [-0.39, 0.29) is 23.9 Å². The van der Waals surface area contributed by atoms with Crippen LogP contribution in [0.4, 0.5) is 4.39 Å². The second-order valence-corrected chi connectivity index (χ2v) is 7.92. The zero-order chi connectivity index (χ0) is 20.5. The van der Waals surface area contributed by atoms with E-state index < -0.39 is 0 Å². The van der Waals surface area contributed by atoms with Gasteiger partial charge >= 0.3 is 5.97 Å². The van der Waals surface area contributed by atoms with Gasteiger partial charge < -0.3 is 14.6 Å². The summed E-state index contributed by atoms with van der Waals surface area (Å²) in [6.45, 7) is 5.15. The molecule has 1 aliphatic rings. The number of nitrogens with zero attached hydrogens (tertiary/aromatic N) is 1. The third kappa shape index (κ3) is 3.55. The number of esters is 1. The normalized spacial score (nSPS) is 20.6. The molecule has 0 bridgehead atoms. The molecule has 2 aromatic carbocycles. The van der Waals surface area contributed by atoms with E-state index in [4.69, 9.17) is 4.74 Å². The molecule has 1 fully saturated rings. The molecule has 1 aromatic heterocycles. The monoisotopic (exact) mass is 394 g/mol. The maximum absolute atomic E-state index is 13.3. The fourth-order valence-corrected chi connectivity index (χ4v) is 4.82. The van der Waals surface area contributed by atoms with Crippen molar-refractivity contribution in [2.45, 2.75) is 38.8 Å². The van der Waals surface area contributed by atoms with Crippen molar-refractivity contribution in [3.05, 3.63) is 71.2 Å². The molecule has 3 atom stereocenters. The Balaban J connectivity index is 1.68. The average Bonchev–Trinajstić information content (AvgIpc) is 3.05. The number of aromatic nitrogens is 1. The van der Waals surface area contributed by atoms with Gasteiger partial charge in [-0.1, -0.05) is 30.3 Å². The largest absolute Gasteiger partial charge is 0.465 e. The predicted octanol–water partition coefficient (Wildman–Crippen LogP) is 5.18. The number of hydrogen-bond acceptors (Lipinski definition) is 3. The van der Waals surface area contributed by atoms with Gasteiger partial charge in [0.05, 0.1) is 12.7 Å². The second kappa shape index (κ2) is 7.99. The minimum Gasteiger partial charge on any atom is -0.465 e. The lowest BCUT2D eigenvalue weighted by molar-refractivity contribution is 0.0601. The van der Waals surface area contributed by atoms with Gasteiger partial charge in [0, 0.05) is 28.7 Å². The van der Waals surface area contributed by atoms with Gasteiger partial charge in [-0.15, -0.1) is 0 Å². The van der Waals surface area contributed by atoms with E-state index in [1.54, 1.807) is 0 Å². The summed E-state index contributed by atoms with van der Waals surface area (Å²) >= 11 is 0. The molecule has 1 aliphatic heterocycles. The van der Waals surface area contributed by atoms with E-state index in [1.807, 2.05) is 37.3 Å². The molecule has 2 heterocycles. The first-order valence-electron chi connectivity index (χ1n) is 10.2. The second-order valence-electron chi connectivity index (χ2n) is 7.92. The van der Waals surface area contributed by atoms with E-state index in [2.05, 4.69) is 22.9 Å². The fraction of sp³-hybridized carbons (Fsp3) is 0.375. The number of fused-ring (bicyclic) bond motifs is 1. The topological polar surface area (TPSA) is 43.3 Å². The van der Waals surface area contributed by atoms with Crippen LogP contribution in [0.25, 0.3) is 10.9 Å². The maximum atomic E-state index is 13.3. The molecule has 0 spiro atoms. The molecule has 29 heavy (non-hydrogen) atoms. The Morgan fingerprint density at radius 3 is 2.66 bits per heavy atom. The van der Waals surface area contributed by atoms with Gasteiger partial charge in [0.2, 0.25) is 0 Å². The Morgan fingerprint density at radius 2 is 1.93 bits per heavy atom. The summed E-state index contributed by atoms with van der Waals surface area (Å²) in [5.74, 6) is -0.0651.